The second-order valence-corrected chi connectivity index (χ2v) is 3.58. The maximum Gasteiger partial charge on any atom is 0.0393 e. The predicted molar refractivity (Wildman–Crippen MR) is 56.9 cm³/mol. The number of pyridine rings is 1. The Kier molecular flexibility index (Phi) is 3.74. The first kappa shape index (κ1) is 10.0. The fraction of sp³-hybridized carbons (Fsp3) is 0.545. The second kappa shape index (κ2) is 4.85. The number of hydrogen-bond donors (Lipinski definition) is 1. The van der Waals surface area contributed by atoms with Crippen LogP contribution in [0.25, 0.3) is 0 Å². The molecule has 0 saturated carbocycles. The average Bonchev–Trinajstić information content (AvgIpc) is 2.14. The van der Waals surface area contributed by atoms with E-state index in [4.69, 9.17) is 0 Å². The Morgan fingerprint density at radius 3 is 2.92 bits per heavy atom. The molecular formula is C11H18N2. The van der Waals surface area contributed by atoms with Gasteiger partial charge in [-0.15, -0.1) is 0 Å². The predicted octanol–water partition coefficient (Wildman–Crippen LogP) is 2.85. The second-order valence-electron chi connectivity index (χ2n) is 3.58. The molecule has 0 bridgehead atoms. The Bertz CT molecular complexity index is 258. The molecule has 0 aromatic carbocycles. The lowest BCUT2D eigenvalue weighted by atomic mass is 10.1. The summed E-state index contributed by atoms with van der Waals surface area (Å²) >= 11 is 0. The normalized spacial score (nSPS) is 12.5. The summed E-state index contributed by atoms with van der Waals surface area (Å²) in [7, 11) is 0. The van der Waals surface area contributed by atoms with E-state index in [0.717, 1.165) is 18.2 Å². The van der Waals surface area contributed by atoms with Crippen LogP contribution in [0.15, 0.2) is 18.3 Å². The molecule has 13 heavy (non-hydrogen) atoms. The van der Waals surface area contributed by atoms with Gasteiger partial charge in [0.15, 0.2) is 0 Å². The summed E-state index contributed by atoms with van der Waals surface area (Å²) < 4.78 is 0. The topological polar surface area (TPSA) is 24.9 Å². The summed E-state index contributed by atoms with van der Waals surface area (Å²) in [5.74, 6) is 0.730. The maximum atomic E-state index is 4.15. The van der Waals surface area contributed by atoms with Crippen molar-refractivity contribution in [2.75, 3.05) is 11.9 Å². The number of aryl methyl sites for hydroxylation is 1. The van der Waals surface area contributed by atoms with Crippen LogP contribution in [0.2, 0.25) is 0 Å². The Balaban J connectivity index is 2.45. The van der Waals surface area contributed by atoms with Crippen LogP contribution in [-0.2, 0) is 0 Å². The van der Waals surface area contributed by atoms with Crippen molar-refractivity contribution in [3.8, 4) is 0 Å². The van der Waals surface area contributed by atoms with Gasteiger partial charge in [0, 0.05) is 24.1 Å². The van der Waals surface area contributed by atoms with Crippen molar-refractivity contribution in [3.63, 3.8) is 0 Å². The van der Waals surface area contributed by atoms with Crippen LogP contribution in [0.1, 0.15) is 26.0 Å². The van der Waals surface area contributed by atoms with Gasteiger partial charge in [-0.05, 0) is 25.0 Å². The van der Waals surface area contributed by atoms with Crippen LogP contribution < -0.4 is 5.32 Å². The quantitative estimate of drug-likeness (QED) is 0.766. The number of nitrogens with zero attached hydrogens (tertiary/aromatic N) is 1. The molecule has 0 aliphatic heterocycles. The van der Waals surface area contributed by atoms with Crippen LogP contribution in [-0.4, -0.2) is 11.5 Å². The van der Waals surface area contributed by atoms with Crippen molar-refractivity contribution in [3.05, 3.63) is 24.0 Å². The molecule has 72 valence electrons. The molecule has 0 fully saturated rings. The van der Waals surface area contributed by atoms with Crippen LogP contribution in [0.3, 0.4) is 0 Å². The van der Waals surface area contributed by atoms with E-state index in [2.05, 4.69) is 30.2 Å². The molecule has 1 heterocycles. The van der Waals surface area contributed by atoms with Gasteiger partial charge in [0.25, 0.3) is 0 Å². The van der Waals surface area contributed by atoms with E-state index < -0.39 is 0 Å². The van der Waals surface area contributed by atoms with E-state index in [-0.39, 0.29) is 0 Å². The zero-order valence-electron chi connectivity index (χ0n) is 8.67. The smallest absolute Gasteiger partial charge is 0.0393 e. The highest BCUT2D eigenvalue weighted by Gasteiger charge is 1.98. The molecule has 0 saturated heterocycles. The fourth-order valence-electron chi connectivity index (χ4n) is 1.09. The largest absolute Gasteiger partial charge is 0.385 e. The minimum atomic E-state index is 0.730. The van der Waals surface area contributed by atoms with E-state index >= 15 is 0 Å². The molecule has 0 amide bonds. The lowest BCUT2D eigenvalue weighted by molar-refractivity contribution is 0.593. The molecule has 0 spiro atoms. The third-order valence-corrected chi connectivity index (χ3v) is 2.25. The first-order valence-electron chi connectivity index (χ1n) is 4.89. The SMILES string of the molecule is CCC(C)CNc1ccnc(C)c1. The zero-order chi connectivity index (χ0) is 9.68. The number of hydrogen-bond acceptors (Lipinski definition) is 2. The van der Waals surface area contributed by atoms with Crippen molar-refractivity contribution >= 4 is 5.69 Å². The van der Waals surface area contributed by atoms with Crippen molar-refractivity contribution < 1.29 is 0 Å². The molecule has 1 N–H and O–H groups in total. The summed E-state index contributed by atoms with van der Waals surface area (Å²) in [5, 5.41) is 3.40. The number of rotatable bonds is 4. The highest BCUT2D eigenvalue weighted by atomic mass is 14.9. The van der Waals surface area contributed by atoms with Crippen molar-refractivity contribution in [1.82, 2.24) is 4.98 Å². The van der Waals surface area contributed by atoms with Crippen LogP contribution >= 0.6 is 0 Å². The van der Waals surface area contributed by atoms with E-state index in [1.165, 1.54) is 12.1 Å². The lowest BCUT2D eigenvalue weighted by Gasteiger charge is -2.11. The van der Waals surface area contributed by atoms with Crippen molar-refractivity contribution in [2.24, 2.45) is 5.92 Å². The summed E-state index contributed by atoms with van der Waals surface area (Å²) in [6.07, 6.45) is 3.06. The third kappa shape index (κ3) is 3.45. The molecule has 1 atom stereocenters. The van der Waals surface area contributed by atoms with Crippen molar-refractivity contribution in [1.29, 1.82) is 0 Å². The highest BCUT2D eigenvalue weighted by Crippen LogP contribution is 2.08. The van der Waals surface area contributed by atoms with Crippen LogP contribution in [0.5, 0.6) is 0 Å². The lowest BCUT2D eigenvalue weighted by Crippen LogP contribution is -2.10. The van der Waals surface area contributed by atoms with Gasteiger partial charge in [0.2, 0.25) is 0 Å². The molecular weight excluding hydrogens is 160 g/mol. The number of nitrogens with one attached hydrogen (secondary N) is 1. The maximum absolute atomic E-state index is 4.15. The first-order chi connectivity index (χ1) is 6.22. The standard InChI is InChI=1S/C11H18N2/c1-4-9(2)8-13-11-5-6-12-10(3)7-11/h5-7,9H,4,8H2,1-3H3,(H,12,13). The van der Waals surface area contributed by atoms with E-state index in [0.29, 0.717) is 0 Å². The van der Waals surface area contributed by atoms with Gasteiger partial charge in [-0.1, -0.05) is 20.3 Å². The third-order valence-electron chi connectivity index (χ3n) is 2.25. The summed E-state index contributed by atoms with van der Waals surface area (Å²) in [4.78, 5) is 4.15. The molecule has 0 aliphatic carbocycles. The summed E-state index contributed by atoms with van der Waals surface area (Å²) in [6.45, 7) is 7.51. The minimum absolute atomic E-state index is 0.730. The Morgan fingerprint density at radius 2 is 2.31 bits per heavy atom. The van der Waals surface area contributed by atoms with Gasteiger partial charge in [-0.25, -0.2) is 0 Å². The Morgan fingerprint density at radius 1 is 1.54 bits per heavy atom. The van der Waals surface area contributed by atoms with Gasteiger partial charge in [0.05, 0.1) is 0 Å². The molecule has 1 unspecified atom stereocenters. The molecule has 1 aromatic rings. The monoisotopic (exact) mass is 178 g/mol. The molecule has 1 aromatic heterocycles. The average molecular weight is 178 g/mol. The highest BCUT2D eigenvalue weighted by molar-refractivity contribution is 5.42. The molecule has 2 heteroatoms. The Hall–Kier alpha value is -1.05. The van der Waals surface area contributed by atoms with Crippen molar-refractivity contribution in [2.45, 2.75) is 27.2 Å². The van der Waals surface area contributed by atoms with E-state index in [1.54, 1.807) is 0 Å². The zero-order valence-corrected chi connectivity index (χ0v) is 8.67. The van der Waals surface area contributed by atoms with Gasteiger partial charge in [-0.3, -0.25) is 4.98 Å². The van der Waals surface area contributed by atoms with Crippen LogP contribution in [0, 0.1) is 12.8 Å². The number of anilines is 1. The van der Waals surface area contributed by atoms with E-state index in [1.807, 2.05) is 19.2 Å². The number of aromatic nitrogens is 1. The molecule has 2 nitrogen and oxygen atoms in total. The van der Waals surface area contributed by atoms with Gasteiger partial charge in [0.1, 0.15) is 0 Å². The van der Waals surface area contributed by atoms with Gasteiger partial charge >= 0.3 is 0 Å². The molecule has 1 rings (SSSR count). The summed E-state index contributed by atoms with van der Waals surface area (Å²) in [6, 6.07) is 4.08. The molecule has 0 radical (unpaired) electrons. The first-order valence-corrected chi connectivity index (χ1v) is 4.89. The van der Waals surface area contributed by atoms with Gasteiger partial charge < -0.3 is 5.32 Å². The van der Waals surface area contributed by atoms with Crippen LogP contribution in [0.4, 0.5) is 5.69 Å². The Labute approximate surface area is 80.4 Å². The molecule has 0 aliphatic rings. The van der Waals surface area contributed by atoms with Gasteiger partial charge in [-0.2, -0.15) is 0 Å². The fourth-order valence-corrected chi connectivity index (χ4v) is 1.09. The van der Waals surface area contributed by atoms with E-state index in [9.17, 15) is 0 Å². The minimum Gasteiger partial charge on any atom is -0.385 e. The summed E-state index contributed by atoms with van der Waals surface area (Å²) in [5.41, 5.74) is 2.24.